The molecule has 3 rings (SSSR count). The number of rotatable bonds is 5. The van der Waals surface area contributed by atoms with Crippen LogP contribution in [0, 0.1) is 0 Å². The first kappa shape index (κ1) is 18.5. The van der Waals surface area contributed by atoms with Crippen LogP contribution in [0.3, 0.4) is 0 Å². The molecule has 0 aliphatic carbocycles. The summed E-state index contributed by atoms with van der Waals surface area (Å²) >= 11 is 0. The standard InChI is InChI=1S/C18H24N4O.ClH/c1-14-11-16(9-10-19-14)21-18(23)8-7-15-12-20-22(13-15)17-5-3-2-4-6-17;/h2-6,12-14,16,19H,7-11H2,1H3,(H,21,23);1H. The van der Waals surface area contributed by atoms with Crippen LogP contribution < -0.4 is 10.6 Å². The van der Waals surface area contributed by atoms with E-state index in [4.69, 9.17) is 0 Å². The molecule has 5 nitrogen and oxygen atoms in total. The number of hydrogen-bond acceptors (Lipinski definition) is 3. The van der Waals surface area contributed by atoms with E-state index in [1.165, 1.54) is 0 Å². The van der Waals surface area contributed by atoms with Crippen molar-refractivity contribution in [1.29, 1.82) is 0 Å². The Kier molecular flexibility index (Phi) is 6.82. The summed E-state index contributed by atoms with van der Waals surface area (Å²) in [7, 11) is 0. The van der Waals surface area contributed by atoms with E-state index in [1.54, 1.807) is 0 Å². The molecule has 1 fully saturated rings. The van der Waals surface area contributed by atoms with Crippen molar-refractivity contribution >= 4 is 18.3 Å². The van der Waals surface area contributed by atoms with Gasteiger partial charge >= 0.3 is 0 Å². The normalized spacial score (nSPS) is 20.2. The zero-order chi connectivity index (χ0) is 16.1. The molecule has 2 heterocycles. The van der Waals surface area contributed by atoms with Gasteiger partial charge in [-0.25, -0.2) is 4.68 Å². The van der Waals surface area contributed by atoms with E-state index in [-0.39, 0.29) is 18.3 Å². The predicted molar refractivity (Wildman–Crippen MR) is 97.8 cm³/mol. The van der Waals surface area contributed by atoms with Gasteiger partial charge in [0.2, 0.25) is 5.91 Å². The second kappa shape index (κ2) is 8.85. The Morgan fingerprint density at radius 1 is 1.38 bits per heavy atom. The van der Waals surface area contributed by atoms with E-state index in [0.29, 0.717) is 18.5 Å². The van der Waals surface area contributed by atoms with Crippen molar-refractivity contribution in [3.63, 3.8) is 0 Å². The molecule has 6 heteroatoms. The van der Waals surface area contributed by atoms with Crippen molar-refractivity contribution in [2.75, 3.05) is 6.54 Å². The fourth-order valence-corrected chi connectivity index (χ4v) is 3.03. The molecule has 1 amide bonds. The highest BCUT2D eigenvalue weighted by Gasteiger charge is 2.19. The van der Waals surface area contributed by atoms with Crippen LogP contribution in [-0.2, 0) is 11.2 Å². The predicted octanol–water partition coefficient (Wildman–Crippen LogP) is 2.48. The molecule has 1 aromatic carbocycles. The fraction of sp³-hybridized carbons (Fsp3) is 0.444. The maximum absolute atomic E-state index is 12.1. The van der Waals surface area contributed by atoms with Gasteiger partial charge in [-0.3, -0.25) is 4.79 Å². The Morgan fingerprint density at radius 2 is 2.17 bits per heavy atom. The third-order valence-electron chi connectivity index (χ3n) is 4.29. The summed E-state index contributed by atoms with van der Waals surface area (Å²) in [5.41, 5.74) is 2.12. The van der Waals surface area contributed by atoms with Crippen LogP contribution in [-0.4, -0.2) is 34.3 Å². The van der Waals surface area contributed by atoms with Crippen molar-refractivity contribution < 1.29 is 4.79 Å². The lowest BCUT2D eigenvalue weighted by Crippen LogP contribution is -2.46. The number of halogens is 1. The van der Waals surface area contributed by atoms with E-state index in [9.17, 15) is 4.79 Å². The Balaban J connectivity index is 0.00000208. The van der Waals surface area contributed by atoms with Gasteiger partial charge in [0, 0.05) is 24.7 Å². The molecule has 0 saturated carbocycles. The van der Waals surface area contributed by atoms with Crippen molar-refractivity contribution in [3.05, 3.63) is 48.3 Å². The lowest BCUT2D eigenvalue weighted by molar-refractivity contribution is -0.122. The summed E-state index contributed by atoms with van der Waals surface area (Å²) in [5, 5.41) is 10.9. The minimum absolute atomic E-state index is 0. The molecule has 2 atom stereocenters. The first-order valence-corrected chi connectivity index (χ1v) is 8.32. The van der Waals surface area contributed by atoms with Gasteiger partial charge in [-0.1, -0.05) is 18.2 Å². The van der Waals surface area contributed by atoms with Crippen molar-refractivity contribution in [2.45, 2.75) is 44.7 Å². The van der Waals surface area contributed by atoms with Crippen molar-refractivity contribution in [2.24, 2.45) is 0 Å². The SMILES string of the molecule is CC1CC(NC(=O)CCc2cnn(-c3ccccc3)c2)CCN1.Cl. The van der Waals surface area contributed by atoms with Crippen LogP contribution in [0.15, 0.2) is 42.7 Å². The van der Waals surface area contributed by atoms with Gasteiger partial charge in [0.1, 0.15) is 0 Å². The number of piperidine rings is 1. The molecule has 1 aliphatic rings. The molecule has 1 aromatic heterocycles. The van der Waals surface area contributed by atoms with Crippen LogP contribution >= 0.6 is 12.4 Å². The van der Waals surface area contributed by atoms with Crippen molar-refractivity contribution in [1.82, 2.24) is 20.4 Å². The molecule has 24 heavy (non-hydrogen) atoms. The van der Waals surface area contributed by atoms with Crippen LogP contribution in [0.5, 0.6) is 0 Å². The van der Waals surface area contributed by atoms with E-state index in [0.717, 1.165) is 37.1 Å². The van der Waals surface area contributed by atoms with Gasteiger partial charge < -0.3 is 10.6 Å². The molecule has 2 unspecified atom stereocenters. The molecule has 0 bridgehead atoms. The topological polar surface area (TPSA) is 59.0 Å². The third kappa shape index (κ3) is 5.08. The average molecular weight is 349 g/mol. The second-order valence-corrected chi connectivity index (χ2v) is 6.27. The second-order valence-electron chi connectivity index (χ2n) is 6.27. The number of carbonyl (C=O) groups excluding carboxylic acids is 1. The zero-order valence-electron chi connectivity index (χ0n) is 13.9. The Morgan fingerprint density at radius 3 is 2.92 bits per heavy atom. The van der Waals surface area contributed by atoms with Gasteiger partial charge in [-0.15, -0.1) is 12.4 Å². The minimum atomic E-state index is 0. The Hall–Kier alpha value is -1.85. The van der Waals surface area contributed by atoms with Crippen LogP contribution in [0.4, 0.5) is 0 Å². The monoisotopic (exact) mass is 348 g/mol. The number of para-hydroxylation sites is 1. The highest BCUT2D eigenvalue weighted by Crippen LogP contribution is 2.11. The molecule has 0 spiro atoms. The quantitative estimate of drug-likeness (QED) is 0.872. The smallest absolute Gasteiger partial charge is 0.220 e. The number of aryl methyl sites for hydroxylation is 1. The first-order valence-electron chi connectivity index (χ1n) is 8.32. The lowest BCUT2D eigenvalue weighted by Gasteiger charge is -2.28. The number of carbonyl (C=O) groups is 1. The highest BCUT2D eigenvalue weighted by atomic mass is 35.5. The van der Waals surface area contributed by atoms with Crippen LogP contribution in [0.2, 0.25) is 0 Å². The molecular formula is C18H25ClN4O. The lowest BCUT2D eigenvalue weighted by atomic mass is 10.0. The largest absolute Gasteiger partial charge is 0.353 e. The summed E-state index contributed by atoms with van der Waals surface area (Å²) in [4.78, 5) is 12.1. The first-order chi connectivity index (χ1) is 11.2. The van der Waals surface area contributed by atoms with Gasteiger partial charge in [0.05, 0.1) is 11.9 Å². The average Bonchev–Trinajstić information content (AvgIpc) is 3.03. The number of nitrogens with zero attached hydrogens (tertiary/aromatic N) is 2. The van der Waals surface area contributed by atoms with Gasteiger partial charge in [0.25, 0.3) is 0 Å². The zero-order valence-corrected chi connectivity index (χ0v) is 14.8. The van der Waals surface area contributed by atoms with Crippen LogP contribution in [0.1, 0.15) is 31.7 Å². The maximum atomic E-state index is 12.1. The van der Waals surface area contributed by atoms with E-state index in [1.807, 2.05) is 47.4 Å². The minimum Gasteiger partial charge on any atom is -0.353 e. The van der Waals surface area contributed by atoms with Crippen molar-refractivity contribution in [3.8, 4) is 5.69 Å². The third-order valence-corrected chi connectivity index (χ3v) is 4.29. The molecule has 1 aliphatic heterocycles. The number of nitrogens with one attached hydrogen (secondary N) is 2. The Labute approximate surface area is 149 Å². The van der Waals surface area contributed by atoms with Gasteiger partial charge in [-0.2, -0.15) is 5.10 Å². The van der Waals surface area contributed by atoms with Crippen LogP contribution in [0.25, 0.3) is 5.69 Å². The maximum Gasteiger partial charge on any atom is 0.220 e. The molecule has 1 saturated heterocycles. The molecule has 0 radical (unpaired) electrons. The van der Waals surface area contributed by atoms with Gasteiger partial charge in [-0.05, 0) is 50.4 Å². The summed E-state index contributed by atoms with van der Waals surface area (Å²) in [5.74, 6) is 0.136. The summed E-state index contributed by atoms with van der Waals surface area (Å²) in [6.07, 6.45) is 7.10. The summed E-state index contributed by atoms with van der Waals surface area (Å²) in [6, 6.07) is 10.8. The van der Waals surface area contributed by atoms with E-state index >= 15 is 0 Å². The molecule has 2 aromatic rings. The summed E-state index contributed by atoms with van der Waals surface area (Å²) < 4.78 is 1.85. The number of amides is 1. The number of hydrogen-bond donors (Lipinski definition) is 2. The number of aromatic nitrogens is 2. The molecule has 130 valence electrons. The van der Waals surface area contributed by atoms with Gasteiger partial charge in [0.15, 0.2) is 0 Å². The van der Waals surface area contributed by atoms with E-state index in [2.05, 4.69) is 22.7 Å². The Bertz CT molecular complexity index is 643. The molecular weight excluding hydrogens is 324 g/mol. The fourth-order valence-electron chi connectivity index (χ4n) is 3.03. The molecule has 2 N–H and O–H groups in total. The summed E-state index contributed by atoms with van der Waals surface area (Å²) in [6.45, 7) is 3.15. The number of benzene rings is 1. The highest BCUT2D eigenvalue weighted by molar-refractivity contribution is 5.85. The van der Waals surface area contributed by atoms with E-state index < -0.39 is 0 Å².